The number of aliphatic hydroxyl groups is 1. The molecule has 0 radical (unpaired) electrons. The molecule has 0 amide bonds. The molecule has 2 rings (SSSR count). The second kappa shape index (κ2) is 4.97. The van der Waals surface area contributed by atoms with E-state index >= 15 is 0 Å². The van der Waals surface area contributed by atoms with Gasteiger partial charge in [-0.25, -0.2) is 4.98 Å². The normalized spacial score (nSPS) is 11.6. The van der Waals surface area contributed by atoms with Crippen LogP contribution in [0, 0.1) is 0 Å². The highest BCUT2D eigenvalue weighted by atomic mass is 16.3. The van der Waals surface area contributed by atoms with Gasteiger partial charge >= 0.3 is 0 Å². The van der Waals surface area contributed by atoms with Crippen LogP contribution in [0.2, 0.25) is 0 Å². The molecule has 0 fully saturated rings. The summed E-state index contributed by atoms with van der Waals surface area (Å²) in [6.45, 7) is 3.78. The summed E-state index contributed by atoms with van der Waals surface area (Å²) in [6, 6.07) is 9.49. The SMILES string of the molecule is CN(c1nc2ccccc2cc1C=O)C(C)(C)CO. The number of para-hydroxylation sites is 1. The van der Waals surface area contributed by atoms with E-state index in [0.717, 1.165) is 17.2 Å². The minimum absolute atomic E-state index is 0.0176. The van der Waals surface area contributed by atoms with Crippen LogP contribution in [0.1, 0.15) is 24.2 Å². The van der Waals surface area contributed by atoms with Crippen LogP contribution in [0.15, 0.2) is 30.3 Å². The Bertz CT molecular complexity index is 608. The fourth-order valence-corrected chi connectivity index (χ4v) is 1.87. The van der Waals surface area contributed by atoms with Crippen molar-refractivity contribution in [1.29, 1.82) is 0 Å². The van der Waals surface area contributed by atoms with E-state index in [4.69, 9.17) is 0 Å². The van der Waals surface area contributed by atoms with Crippen molar-refractivity contribution in [1.82, 2.24) is 4.98 Å². The van der Waals surface area contributed by atoms with Gasteiger partial charge in [-0.15, -0.1) is 0 Å². The molecular formula is C15H18N2O2. The van der Waals surface area contributed by atoms with Crippen molar-refractivity contribution in [3.05, 3.63) is 35.9 Å². The number of benzene rings is 1. The number of aliphatic hydroxyl groups excluding tert-OH is 1. The number of rotatable bonds is 4. The van der Waals surface area contributed by atoms with E-state index in [1.54, 1.807) is 0 Å². The van der Waals surface area contributed by atoms with Gasteiger partial charge in [0.05, 0.1) is 23.2 Å². The third-order valence-corrected chi connectivity index (χ3v) is 3.47. The van der Waals surface area contributed by atoms with Crippen molar-refractivity contribution >= 4 is 23.0 Å². The number of hydrogen-bond donors (Lipinski definition) is 1. The van der Waals surface area contributed by atoms with Crippen LogP contribution < -0.4 is 4.90 Å². The standard InChI is InChI=1S/C15H18N2O2/c1-15(2,10-19)17(3)14-12(9-18)8-11-6-4-5-7-13(11)16-14/h4-9,19H,10H2,1-3H3. The maximum Gasteiger partial charge on any atom is 0.153 e. The first-order valence-electron chi connectivity index (χ1n) is 6.19. The Balaban J connectivity index is 2.61. The van der Waals surface area contributed by atoms with Crippen molar-refractivity contribution in [2.45, 2.75) is 19.4 Å². The Morgan fingerprint density at radius 1 is 1.37 bits per heavy atom. The maximum absolute atomic E-state index is 11.3. The van der Waals surface area contributed by atoms with Crippen LogP contribution in [-0.2, 0) is 0 Å². The van der Waals surface area contributed by atoms with E-state index in [0.29, 0.717) is 11.4 Å². The van der Waals surface area contributed by atoms with E-state index in [-0.39, 0.29) is 6.61 Å². The van der Waals surface area contributed by atoms with Gasteiger partial charge in [0.15, 0.2) is 6.29 Å². The lowest BCUT2D eigenvalue weighted by Crippen LogP contribution is -2.45. The lowest BCUT2D eigenvalue weighted by molar-refractivity contribution is 0.112. The third kappa shape index (κ3) is 2.44. The van der Waals surface area contributed by atoms with E-state index in [1.165, 1.54) is 0 Å². The Labute approximate surface area is 112 Å². The molecule has 0 atom stereocenters. The van der Waals surface area contributed by atoms with Gasteiger partial charge in [-0.2, -0.15) is 0 Å². The highest BCUT2D eigenvalue weighted by molar-refractivity contribution is 5.91. The molecule has 1 aromatic carbocycles. The second-order valence-electron chi connectivity index (χ2n) is 5.24. The Kier molecular flexibility index (Phi) is 3.53. The van der Waals surface area contributed by atoms with Crippen LogP contribution >= 0.6 is 0 Å². The number of pyridine rings is 1. The van der Waals surface area contributed by atoms with Gasteiger partial charge in [0.2, 0.25) is 0 Å². The maximum atomic E-state index is 11.3. The smallest absolute Gasteiger partial charge is 0.153 e. The van der Waals surface area contributed by atoms with Gasteiger partial charge < -0.3 is 10.0 Å². The zero-order chi connectivity index (χ0) is 14.0. The van der Waals surface area contributed by atoms with Crippen LogP contribution in [0.3, 0.4) is 0 Å². The molecule has 1 N–H and O–H groups in total. The highest BCUT2D eigenvalue weighted by Crippen LogP contribution is 2.26. The molecule has 0 unspecified atom stereocenters. The summed E-state index contributed by atoms with van der Waals surface area (Å²) >= 11 is 0. The van der Waals surface area contributed by atoms with Gasteiger partial charge in [0.25, 0.3) is 0 Å². The number of carbonyl (C=O) groups excluding carboxylic acids is 1. The summed E-state index contributed by atoms with van der Waals surface area (Å²) in [4.78, 5) is 17.6. The lowest BCUT2D eigenvalue weighted by Gasteiger charge is -2.35. The number of fused-ring (bicyclic) bond motifs is 1. The summed E-state index contributed by atoms with van der Waals surface area (Å²) in [5.74, 6) is 0.591. The van der Waals surface area contributed by atoms with Crippen molar-refractivity contribution < 1.29 is 9.90 Å². The third-order valence-electron chi connectivity index (χ3n) is 3.47. The number of likely N-dealkylation sites (N-methyl/N-ethyl adjacent to an activating group) is 1. The summed E-state index contributed by atoms with van der Waals surface area (Å²) in [6.07, 6.45) is 0.804. The monoisotopic (exact) mass is 258 g/mol. The lowest BCUT2D eigenvalue weighted by atomic mass is 10.0. The molecule has 2 aromatic rings. The predicted molar refractivity (Wildman–Crippen MR) is 76.7 cm³/mol. The minimum Gasteiger partial charge on any atom is -0.394 e. The number of carbonyl (C=O) groups is 1. The van der Waals surface area contributed by atoms with Crippen LogP contribution in [0.25, 0.3) is 10.9 Å². The van der Waals surface area contributed by atoms with Crippen molar-refractivity contribution in [2.24, 2.45) is 0 Å². The first-order chi connectivity index (χ1) is 8.99. The van der Waals surface area contributed by atoms with Gasteiger partial charge in [-0.1, -0.05) is 18.2 Å². The molecular weight excluding hydrogens is 240 g/mol. The molecule has 0 saturated carbocycles. The van der Waals surface area contributed by atoms with E-state index < -0.39 is 5.54 Å². The number of hydrogen-bond acceptors (Lipinski definition) is 4. The molecule has 0 aliphatic rings. The Hall–Kier alpha value is -1.94. The van der Waals surface area contributed by atoms with E-state index in [9.17, 15) is 9.90 Å². The molecule has 1 heterocycles. The van der Waals surface area contributed by atoms with Crippen LogP contribution in [0.4, 0.5) is 5.82 Å². The molecule has 0 saturated heterocycles. The topological polar surface area (TPSA) is 53.4 Å². The quantitative estimate of drug-likeness (QED) is 0.855. The molecule has 19 heavy (non-hydrogen) atoms. The summed E-state index contributed by atoms with van der Waals surface area (Å²) in [5, 5.41) is 10.4. The van der Waals surface area contributed by atoms with Crippen molar-refractivity contribution in [3.8, 4) is 0 Å². The number of aldehydes is 1. The van der Waals surface area contributed by atoms with Crippen molar-refractivity contribution in [2.75, 3.05) is 18.6 Å². The van der Waals surface area contributed by atoms with E-state index in [2.05, 4.69) is 4.98 Å². The predicted octanol–water partition coefficient (Wildman–Crippen LogP) is 2.25. The van der Waals surface area contributed by atoms with Gasteiger partial charge in [-0.05, 0) is 26.0 Å². The second-order valence-corrected chi connectivity index (χ2v) is 5.24. The van der Waals surface area contributed by atoms with E-state index in [1.807, 2.05) is 56.1 Å². The van der Waals surface area contributed by atoms with Gasteiger partial charge in [0.1, 0.15) is 5.82 Å². The summed E-state index contributed by atoms with van der Waals surface area (Å²) in [7, 11) is 1.83. The zero-order valence-electron chi connectivity index (χ0n) is 11.4. The minimum atomic E-state index is -0.479. The van der Waals surface area contributed by atoms with Crippen molar-refractivity contribution in [3.63, 3.8) is 0 Å². The molecule has 0 spiro atoms. The molecule has 0 aliphatic heterocycles. The summed E-state index contributed by atoms with van der Waals surface area (Å²) in [5.41, 5.74) is 0.888. The Morgan fingerprint density at radius 3 is 2.68 bits per heavy atom. The molecule has 4 nitrogen and oxygen atoms in total. The zero-order valence-corrected chi connectivity index (χ0v) is 11.4. The first-order valence-corrected chi connectivity index (χ1v) is 6.19. The average molecular weight is 258 g/mol. The number of nitrogens with zero attached hydrogens (tertiary/aromatic N) is 2. The highest BCUT2D eigenvalue weighted by Gasteiger charge is 2.25. The molecule has 100 valence electrons. The fraction of sp³-hybridized carbons (Fsp3) is 0.333. The van der Waals surface area contributed by atoms with Gasteiger partial charge in [-0.3, -0.25) is 4.79 Å². The fourth-order valence-electron chi connectivity index (χ4n) is 1.87. The number of aromatic nitrogens is 1. The largest absolute Gasteiger partial charge is 0.394 e. The van der Waals surface area contributed by atoms with Crippen LogP contribution in [0.5, 0.6) is 0 Å². The molecule has 1 aromatic heterocycles. The van der Waals surface area contributed by atoms with Gasteiger partial charge in [0, 0.05) is 12.4 Å². The average Bonchev–Trinajstić information content (AvgIpc) is 2.44. The molecule has 0 bridgehead atoms. The number of anilines is 1. The molecule has 0 aliphatic carbocycles. The molecule has 4 heteroatoms. The Morgan fingerprint density at radius 2 is 2.05 bits per heavy atom. The first kappa shape index (κ1) is 13.5. The summed E-state index contributed by atoms with van der Waals surface area (Å²) < 4.78 is 0. The van der Waals surface area contributed by atoms with Crippen LogP contribution in [-0.4, -0.2) is 35.6 Å².